The summed E-state index contributed by atoms with van der Waals surface area (Å²) in [6.45, 7) is 10.7. The first-order valence-corrected chi connectivity index (χ1v) is 18.7. The molecule has 1 N–H and O–H groups in total. The molecule has 10 rings (SSSR count). The Balaban J connectivity index is 0.994. The topological polar surface area (TPSA) is 130 Å². The van der Waals surface area contributed by atoms with Gasteiger partial charge in [0, 0.05) is 26.4 Å². The molecule has 10 aliphatic heterocycles. The van der Waals surface area contributed by atoms with Crippen LogP contribution in [0.1, 0.15) is 77.6 Å². The molecule has 1 unspecified atom stereocenters. The van der Waals surface area contributed by atoms with Crippen LogP contribution in [0.25, 0.3) is 0 Å². The van der Waals surface area contributed by atoms with E-state index in [0.717, 1.165) is 49.7 Å². The Morgan fingerprint density at radius 3 is 2.35 bits per heavy atom. The smallest absolute Gasteiger partial charge is 0.308 e. The molecule has 12 nitrogen and oxygen atoms in total. The molecule has 0 amide bonds. The summed E-state index contributed by atoms with van der Waals surface area (Å²) in [6.07, 6.45) is 2.58. The summed E-state index contributed by atoms with van der Waals surface area (Å²) in [4.78, 5) is 13.6. The van der Waals surface area contributed by atoms with Crippen LogP contribution in [-0.4, -0.2) is 128 Å². The first kappa shape index (κ1) is 33.4. The van der Waals surface area contributed by atoms with Crippen molar-refractivity contribution in [2.24, 2.45) is 5.92 Å². The van der Waals surface area contributed by atoms with E-state index < -0.39 is 42.3 Å². The third-order valence-corrected chi connectivity index (χ3v) is 12.9. The Bertz CT molecular complexity index is 1310. The molecule has 0 aromatic carbocycles. The number of rotatable bonds is 2. The van der Waals surface area contributed by atoms with Crippen molar-refractivity contribution in [2.75, 3.05) is 13.7 Å². The van der Waals surface area contributed by atoms with Gasteiger partial charge in [0.05, 0.1) is 55.8 Å². The van der Waals surface area contributed by atoms with Crippen molar-refractivity contribution in [3.63, 3.8) is 0 Å². The molecule has 0 aliphatic carbocycles. The van der Waals surface area contributed by atoms with Gasteiger partial charge < -0.3 is 52.5 Å². The molecule has 0 radical (unpaired) electrons. The van der Waals surface area contributed by atoms with Crippen LogP contribution in [0.3, 0.4) is 0 Å². The number of hydrogen-bond donors (Lipinski definition) is 1. The fourth-order valence-electron chi connectivity index (χ4n) is 10.4. The van der Waals surface area contributed by atoms with Gasteiger partial charge >= 0.3 is 5.97 Å². The van der Waals surface area contributed by atoms with Gasteiger partial charge in [-0.1, -0.05) is 20.1 Å². The highest BCUT2D eigenvalue weighted by Gasteiger charge is 2.68. The maximum Gasteiger partial charge on any atom is 0.308 e. The number of aliphatic hydroxyl groups is 1. The summed E-state index contributed by atoms with van der Waals surface area (Å²) in [5, 5.41) is 10.2. The molecular formula is C37H52O12. The van der Waals surface area contributed by atoms with E-state index >= 15 is 0 Å². The Labute approximate surface area is 288 Å². The van der Waals surface area contributed by atoms with E-state index in [4.69, 9.17) is 47.4 Å². The molecule has 12 bridgehead atoms. The number of esters is 1. The largest absolute Gasteiger partial charge is 0.457 e. The molecule has 18 atom stereocenters. The van der Waals surface area contributed by atoms with Crippen molar-refractivity contribution in [1.29, 1.82) is 0 Å². The standard InChI is InChI=1S/C37H52O12/c1-17-11-20-5-7-23-18(2)12-22(41-23)9-10-37-15-27-33(48-37)34-35(46-27)36(49-37)31-24(45-34)8-6-21(43-31)13-29(39)47-32-26(14-25(42-20)19(17)3)44-28(16-38)30(32)40-4/h17,20-28,30-36,38H,2-3,5-16H2,1,4H3/t17-,20+,21-,22+,23+,24+,25-,26-,27+,28+,30+,31+,32+,33+,34?,35-,36+,37+/m1/s1. The summed E-state index contributed by atoms with van der Waals surface area (Å²) in [7, 11) is 1.55. The molecule has 10 heterocycles. The average Bonchev–Trinajstić information content (AvgIpc) is 3.76. The Morgan fingerprint density at radius 2 is 1.51 bits per heavy atom. The lowest BCUT2D eigenvalue weighted by Gasteiger charge is -2.47. The molecule has 10 aliphatic rings. The second kappa shape index (κ2) is 12.9. The second-order valence-electron chi connectivity index (χ2n) is 16.0. The highest BCUT2D eigenvalue weighted by Crippen LogP contribution is 2.54. The van der Waals surface area contributed by atoms with Gasteiger partial charge in [-0.05, 0) is 62.0 Å². The summed E-state index contributed by atoms with van der Waals surface area (Å²) < 4.78 is 65.0. The van der Waals surface area contributed by atoms with E-state index in [1.807, 2.05) is 0 Å². The second-order valence-corrected chi connectivity index (χ2v) is 16.0. The van der Waals surface area contributed by atoms with Gasteiger partial charge in [-0.15, -0.1) is 0 Å². The van der Waals surface area contributed by atoms with E-state index in [-0.39, 0.29) is 86.1 Å². The Kier molecular flexibility index (Phi) is 8.79. The number of ether oxygens (including phenoxy) is 10. The van der Waals surface area contributed by atoms with Crippen LogP contribution in [-0.2, 0) is 52.2 Å². The van der Waals surface area contributed by atoms with Gasteiger partial charge in [0.25, 0.3) is 0 Å². The van der Waals surface area contributed by atoms with E-state index in [1.54, 1.807) is 7.11 Å². The van der Waals surface area contributed by atoms with Crippen LogP contribution in [0, 0.1) is 5.92 Å². The minimum Gasteiger partial charge on any atom is -0.457 e. The predicted molar refractivity (Wildman–Crippen MR) is 170 cm³/mol. The fourth-order valence-corrected chi connectivity index (χ4v) is 10.4. The predicted octanol–water partition coefficient (Wildman–Crippen LogP) is 3.06. The van der Waals surface area contributed by atoms with Gasteiger partial charge in [-0.3, -0.25) is 4.79 Å². The van der Waals surface area contributed by atoms with Crippen LogP contribution in [0.15, 0.2) is 24.3 Å². The first-order valence-electron chi connectivity index (χ1n) is 18.7. The van der Waals surface area contributed by atoms with Crippen molar-refractivity contribution in [2.45, 2.75) is 181 Å². The van der Waals surface area contributed by atoms with E-state index in [0.29, 0.717) is 25.7 Å². The molecule has 12 heteroatoms. The Hall–Kier alpha value is -1.45. The minimum atomic E-state index is -0.795. The summed E-state index contributed by atoms with van der Waals surface area (Å²) in [5.74, 6) is -0.940. The molecule has 0 saturated carbocycles. The molecule has 1 spiro atoms. The van der Waals surface area contributed by atoms with Crippen LogP contribution < -0.4 is 0 Å². The lowest BCUT2D eigenvalue weighted by Crippen LogP contribution is -2.61. The molecule has 10 fully saturated rings. The number of carbonyl (C=O) groups is 1. The van der Waals surface area contributed by atoms with Gasteiger partial charge in [-0.2, -0.15) is 0 Å². The minimum absolute atomic E-state index is 0.0171. The summed E-state index contributed by atoms with van der Waals surface area (Å²) in [6, 6.07) is 0. The van der Waals surface area contributed by atoms with Crippen LogP contribution >= 0.6 is 0 Å². The molecule has 0 aromatic heterocycles. The quantitative estimate of drug-likeness (QED) is 0.338. The van der Waals surface area contributed by atoms with Crippen molar-refractivity contribution in [3.05, 3.63) is 24.3 Å². The van der Waals surface area contributed by atoms with E-state index in [1.165, 1.54) is 0 Å². The molecule has 0 aromatic rings. The number of carbonyl (C=O) groups excluding carboxylic acids is 1. The molecular weight excluding hydrogens is 636 g/mol. The molecule has 272 valence electrons. The fraction of sp³-hybridized carbons (Fsp3) is 0.865. The molecule has 10 saturated heterocycles. The van der Waals surface area contributed by atoms with Gasteiger partial charge in [-0.25, -0.2) is 0 Å². The lowest BCUT2D eigenvalue weighted by atomic mass is 9.84. The normalized spacial score (nSPS) is 54.0. The SMILES string of the molecule is C=C1C[C@@H]2CC[C@@]34C[C@@H]5O[C@@H]6C(O[C@H]7CC[C@H](CC(=O)O[C@@H]8[C@@H](OC)[C@H](CO)O[C@@H]8C[C@H]8O[C@@H](CC[C@@H]1O2)C[C@@H](C)C8=C)O[C@@H]7[C@@H]6O3)[C@H]5O4. The van der Waals surface area contributed by atoms with E-state index in [9.17, 15) is 9.90 Å². The third-order valence-electron chi connectivity index (χ3n) is 12.9. The highest BCUT2D eigenvalue weighted by molar-refractivity contribution is 5.70. The van der Waals surface area contributed by atoms with Gasteiger partial charge in [0.2, 0.25) is 0 Å². The Morgan fingerprint density at radius 1 is 0.755 bits per heavy atom. The molecule has 49 heavy (non-hydrogen) atoms. The first-order chi connectivity index (χ1) is 23.7. The average molecular weight is 689 g/mol. The lowest BCUT2D eigenvalue weighted by molar-refractivity contribution is -0.293. The summed E-state index contributed by atoms with van der Waals surface area (Å²) >= 11 is 0. The zero-order valence-electron chi connectivity index (χ0n) is 28.7. The number of fused-ring (bicyclic) bond motifs is 6. The van der Waals surface area contributed by atoms with Crippen molar-refractivity contribution >= 4 is 5.97 Å². The zero-order valence-corrected chi connectivity index (χ0v) is 28.7. The van der Waals surface area contributed by atoms with Crippen LogP contribution in [0.2, 0.25) is 0 Å². The van der Waals surface area contributed by atoms with Crippen molar-refractivity contribution < 1.29 is 57.3 Å². The maximum atomic E-state index is 13.6. The maximum absolute atomic E-state index is 13.6. The number of hydrogen-bond acceptors (Lipinski definition) is 12. The van der Waals surface area contributed by atoms with Crippen LogP contribution in [0.4, 0.5) is 0 Å². The number of aliphatic hydroxyl groups excluding tert-OH is 1. The van der Waals surface area contributed by atoms with E-state index in [2.05, 4.69) is 20.1 Å². The zero-order chi connectivity index (χ0) is 33.6. The van der Waals surface area contributed by atoms with Crippen LogP contribution in [0.5, 0.6) is 0 Å². The third kappa shape index (κ3) is 5.86. The highest BCUT2D eigenvalue weighted by atomic mass is 16.8. The van der Waals surface area contributed by atoms with Gasteiger partial charge in [0.1, 0.15) is 48.8 Å². The van der Waals surface area contributed by atoms with Crippen molar-refractivity contribution in [1.82, 2.24) is 0 Å². The monoisotopic (exact) mass is 688 g/mol. The van der Waals surface area contributed by atoms with Gasteiger partial charge in [0.15, 0.2) is 11.9 Å². The number of methoxy groups -OCH3 is 1. The summed E-state index contributed by atoms with van der Waals surface area (Å²) in [5.41, 5.74) is 2.13. The van der Waals surface area contributed by atoms with Crippen molar-refractivity contribution in [3.8, 4) is 0 Å².